The molecule has 1 aromatic carbocycles. The number of hydrogen-bond acceptors (Lipinski definition) is 3. The van der Waals surface area contributed by atoms with Crippen molar-refractivity contribution in [3.05, 3.63) is 23.0 Å². The molecule has 0 aromatic heterocycles. The third-order valence-corrected chi connectivity index (χ3v) is 2.90. The second kappa shape index (κ2) is 5.71. The first-order valence-electron chi connectivity index (χ1n) is 5.55. The van der Waals surface area contributed by atoms with E-state index in [0.29, 0.717) is 16.9 Å². The molecule has 5 heteroatoms. The minimum Gasteiger partial charge on any atom is -0.492 e. The van der Waals surface area contributed by atoms with E-state index >= 15 is 0 Å². The van der Waals surface area contributed by atoms with Crippen molar-refractivity contribution in [1.29, 1.82) is 0 Å². The number of carboxylic acid groups (broad SMARTS) is 1. The van der Waals surface area contributed by atoms with E-state index in [1.165, 1.54) is 20.3 Å². The van der Waals surface area contributed by atoms with Crippen LogP contribution in [0.3, 0.4) is 0 Å². The smallest absolute Gasteiger partial charge is 0.306 e. The molecule has 1 rings (SSSR count). The number of benzene rings is 1. The fourth-order valence-corrected chi connectivity index (χ4v) is 1.82. The van der Waals surface area contributed by atoms with Crippen LogP contribution in [0.15, 0.2) is 6.07 Å². The molecule has 0 heterocycles. The Morgan fingerprint density at radius 3 is 2.39 bits per heavy atom. The fraction of sp³-hybridized carbons (Fsp3) is 0.462. The summed E-state index contributed by atoms with van der Waals surface area (Å²) in [7, 11) is 2.79. The summed E-state index contributed by atoms with van der Waals surface area (Å²) in [6.07, 6.45) is 0.248. The highest BCUT2D eigenvalue weighted by atomic mass is 19.1. The summed E-state index contributed by atoms with van der Waals surface area (Å²) in [6.45, 7) is 3.33. The lowest BCUT2D eigenvalue weighted by molar-refractivity contribution is -0.141. The molecule has 0 saturated heterocycles. The zero-order chi connectivity index (χ0) is 13.9. The van der Waals surface area contributed by atoms with Crippen molar-refractivity contribution in [3.8, 4) is 11.5 Å². The molecule has 1 atom stereocenters. The number of hydrogen-bond donors (Lipinski definition) is 1. The molecule has 1 N–H and O–H groups in total. The molecule has 0 aliphatic carbocycles. The zero-order valence-electron chi connectivity index (χ0n) is 10.9. The molecule has 0 amide bonds. The summed E-state index contributed by atoms with van der Waals surface area (Å²) in [5.74, 6) is -1.69. The Labute approximate surface area is 105 Å². The van der Waals surface area contributed by atoms with E-state index in [4.69, 9.17) is 14.6 Å². The number of carbonyl (C=O) groups is 1. The number of methoxy groups -OCH3 is 2. The molecular formula is C13H17FO4. The minimum absolute atomic E-state index is 0.0433. The van der Waals surface area contributed by atoms with Crippen LogP contribution in [-0.4, -0.2) is 25.3 Å². The van der Waals surface area contributed by atoms with Crippen LogP contribution in [0.25, 0.3) is 0 Å². The van der Waals surface area contributed by atoms with Crippen LogP contribution in [0.4, 0.5) is 4.39 Å². The fourth-order valence-electron chi connectivity index (χ4n) is 1.82. The third-order valence-electron chi connectivity index (χ3n) is 2.90. The van der Waals surface area contributed by atoms with Gasteiger partial charge in [-0.15, -0.1) is 0 Å². The van der Waals surface area contributed by atoms with Gasteiger partial charge in [-0.2, -0.15) is 0 Å². The molecule has 0 spiro atoms. The monoisotopic (exact) mass is 256 g/mol. The Balaban J connectivity index is 3.22. The van der Waals surface area contributed by atoms with Crippen LogP contribution < -0.4 is 9.47 Å². The average Bonchev–Trinajstić information content (AvgIpc) is 2.32. The Kier molecular flexibility index (Phi) is 4.53. The summed E-state index contributed by atoms with van der Waals surface area (Å²) in [4.78, 5) is 10.8. The molecular weight excluding hydrogens is 239 g/mol. The van der Waals surface area contributed by atoms with Gasteiger partial charge in [-0.25, -0.2) is 4.39 Å². The first kappa shape index (κ1) is 14.3. The number of carboxylic acids is 1. The van der Waals surface area contributed by atoms with E-state index in [-0.39, 0.29) is 12.2 Å². The molecule has 0 aliphatic heterocycles. The van der Waals surface area contributed by atoms with Crippen molar-refractivity contribution in [2.75, 3.05) is 14.2 Å². The maximum absolute atomic E-state index is 13.8. The maximum Gasteiger partial charge on any atom is 0.306 e. The van der Waals surface area contributed by atoms with Crippen molar-refractivity contribution in [3.63, 3.8) is 0 Å². The predicted octanol–water partition coefficient (Wildman–Crippen LogP) is 2.41. The normalized spacial score (nSPS) is 12.1. The van der Waals surface area contributed by atoms with E-state index in [2.05, 4.69) is 0 Å². The SMILES string of the molecule is COc1c(F)cc(CC(C)C(=O)O)c(C)c1OC. The Hall–Kier alpha value is -1.78. The molecule has 0 bridgehead atoms. The Morgan fingerprint density at radius 2 is 1.94 bits per heavy atom. The van der Waals surface area contributed by atoms with Crippen LogP contribution in [0.5, 0.6) is 11.5 Å². The van der Waals surface area contributed by atoms with Gasteiger partial charge in [0, 0.05) is 0 Å². The lowest BCUT2D eigenvalue weighted by Gasteiger charge is -2.16. The van der Waals surface area contributed by atoms with E-state index in [1.807, 2.05) is 0 Å². The number of halogens is 1. The molecule has 0 radical (unpaired) electrons. The number of ether oxygens (including phenoxy) is 2. The number of aliphatic carboxylic acids is 1. The van der Waals surface area contributed by atoms with Gasteiger partial charge in [0.2, 0.25) is 0 Å². The Bertz CT molecular complexity index is 457. The molecule has 1 unspecified atom stereocenters. The van der Waals surface area contributed by atoms with Gasteiger partial charge in [-0.3, -0.25) is 4.79 Å². The second-order valence-corrected chi connectivity index (χ2v) is 4.15. The van der Waals surface area contributed by atoms with Crippen molar-refractivity contribution >= 4 is 5.97 Å². The summed E-state index contributed by atoms with van der Waals surface area (Å²) in [5, 5.41) is 8.88. The van der Waals surface area contributed by atoms with Gasteiger partial charge >= 0.3 is 5.97 Å². The van der Waals surface area contributed by atoms with Crippen molar-refractivity contribution in [1.82, 2.24) is 0 Å². The van der Waals surface area contributed by atoms with Crippen LogP contribution in [0.1, 0.15) is 18.1 Å². The molecule has 18 heavy (non-hydrogen) atoms. The molecule has 0 fully saturated rings. The van der Waals surface area contributed by atoms with E-state index in [9.17, 15) is 9.18 Å². The van der Waals surface area contributed by atoms with Gasteiger partial charge in [0.05, 0.1) is 20.1 Å². The third kappa shape index (κ3) is 2.72. The Morgan fingerprint density at radius 1 is 1.39 bits per heavy atom. The van der Waals surface area contributed by atoms with Crippen LogP contribution in [0, 0.1) is 18.7 Å². The summed E-state index contributed by atoms with van der Waals surface area (Å²) >= 11 is 0. The highest BCUT2D eigenvalue weighted by molar-refractivity contribution is 5.70. The summed E-state index contributed by atoms with van der Waals surface area (Å²) in [6, 6.07) is 1.30. The number of rotatable bonds is 5. The van der Waals surface area contributed by atoms with Gasteiger partial charge in [0.25, 0.3) is 0 Å². The molecule has 4 nitrogen and oxygen atoms in total. The largest absolute Gasteiger partial charge is 0.492 e. The summed E-state index contributed by atoms with van der Waals surface area (Å²) in [5.41, 5.74) is 1.31. The van der Waals surface area contributed by atoms with Crippen molar-refractivity contribution in [2.24, 2.45) is 5.92 Å². The van der Waals surface area contributed by atoms with Gasteiger partial charge in [0.15, 0.2) is 17.3 Å². The van der Waals surface area contributed by atoms with Crippen LogP contribution >= 0.6 is 0 Å². The topological polar surface area (TPSA) is 55.8 Å². The van der Waals surface area contributed by atoms with Crippen molar-refractivity contribution in [2.45, 2.75) is 20.3 Å². The highest BCUT2D eigenvalue weighted by Crippen LogP contribution is 2.36. The van der Waals surface area contributed by atoms with E-state index < -0.39 is 17.7 Å². The second-order valence-electron chi connectivity index (χ2n) is 4.15. The van der Waals surface area contributed by atoms with Crippen LogP contribution in [-0.2, 0) is 11.2 Å². The highest BCUT2D eigenvalue weighted by Gasteiger charge is 2.20. The molecule has 100 valence electrons. The maximum atomic E-state index is 13.8. The quantitative estimate of drug-likeness (QED) is 0.879. The van der Waals surface area contributed by atoms with E-state index in [1.54, 1.807) is 13.8 Å². The molecule has 1 aromatic rings. The predicted molar refractivity (Wildman–Crippen MR) is 64.7 cm³/mol. The van der Waals surface area contributed by atoms with Gasteiger partial charge in [-0.1, -0.05) is 6.92 Å². The lowest BCUT2D eigenvalue weighted by atomic mass is 9.96. The van der Waals surface area contributed by atoms with Crippen LogP contribution in [0.2, 0.25) is 0 Å². The minimum atomic E-state index is -0.912. The first-order valence-corrected chi connectivity index (χ1v) is 5.55. The van der Waals surface area contributed by atoms with E-state index in [0.717, 1.165) is 0 Å². The first-order chi connectivity index (χ1) is 8.42. The van der Waals surface area contributed by atoms with Crippen molar-refractivity contribution < 1.29 is 23.8 Å². The summed E-state index contributed by atoms with van der Waals surface area (Å²) < 4.78 is 23.8. The molecule has 0 saturated carbocycles. The van der Waals surface area contributed by atoms with Gasteiger partial charge in [-0.05, 0) is 30.5 Å². The lowest BCUT2D eigenvalue weighted by Crippen LogP contribution is -2.13. The molecule has 0 aliphatic rings. The van der Waals surface area contributed by atoms with Gasteiger partial charge < -0.3 is 14.6 Å². The zero-order valence-corrected chi connectivity index (χ0v) is 10.9. The average molecular weight is 256 g/mol. The van der Waals surface area contributed by atoms with Gasteiger partial charge in [0.1, 0.15) is 0 Å². The standard InChI is InChI=1S/C13H17FO4/c1-7(13(15)16)5-9-6-10(14)12(18-4)11(17-3)8(9)2/h6-7H,5H2,1-4H3,(H,15,16).